The Morgan fingerprint density at radius 3 is 2.02 bits per heavy atom. The van der Waals surface area contributed by atoms with E-state index in [9.17, 15) is 19.2 Å². The zero-order valence-corrected chi connectivity index (χ0v) is 28.6. The van der Waals surface area contributed by atoms with Crippen LogP contribution in [0.3, 0.4) is 0 Å². The van der Waals surface area contributed by atoms with Gasteiger partial charge in [-0.2, -0.15) is 0 Å². The molecule has 44 heavy (non-hydrogen) atoms. The van der Waals surface area contributed by atoms with Crippen molar-refractivity contribution in [2.75, 3.05) is 53.4 Å². The molecule has 0 aromatic heterocycles. The first-order chi connectivity index (χ1) is 20.8. The summed E-state index contributed by atoms with van der Waals surface area (Å²) in [7, 11) is 3.84. The molecule has 0 spiro atoms. The van der Waals surface area contributed by atoms with Crippen molar-refractivity contribution in [2.45, 2.75) is 129 Å². The molecule has 0 radical (unpaired) electrons. The van der Waals surface area contributed by atoms with Crippen LogP contribution in [0.5, 0.6) is 0 Å². The SMILES string of the molecule is CC(C)C(CN1CCCC1C(=O)N1CCCC1C(=O)N1CCCCC1)N(C)C(=O)C(NC(=O)C1CCCCN1C)C(C)(C)C. The zero-order valence-electron chi connectivity index (χ0n) is 28.6. The average Bonchev–Trinajstić information content (AvgIpc) is 3.67. The summed E-state index contributed by atoms with van der Waals surface area (Å²) >= 11 is 0. The quantitative estimate of drug-likeness (QED) is 0.428. The number of carbonyl (C=O) groups excluding carboxylic acids is 4. The predicted octanol–water partition coefficient (Wildman–Crippen LogP) is 2.95. The summed E-state index contributed by atoms with van der Waals surface area (Å²) in [4.78, 5) is 65.0. The van der Waals surface area contributed by atoms with Crippen molar-refractivity contribution in [2.24, 2.45) is 11.3 Å². The van der Waals surface area contributed by atoms with Gasteiger partial charge < -0.3 is 20.0 Å². The van der Waals surface area contributed by atoms with Gasteiger partial charge in [0.1, 0.15) is 12.1 Å². The maximum Gasteiger partial charge on any atom is 0.245 e. The van der Waals surface area contributed by atoms with E-state index in [2.05, 4.69) is 29.0 Å². The van der Waals surface area contributed by atoms with Gasteiger partial charge in [-0.05, 0) is 89.3 Å². The number of hydrogen-bond donors (Lipinski definition) is 1. The van der Waals surface area contributed by atoms with E-state index in [1.54, 1.807) is 0 Å². The van der Waals surface area contributed by atoms with Gasteiger partial charge in [-0.25, -0.2) is 0 Å². The number of rotatable bonds is 9. The molecule has 0 aromatic rings. The second kappa shape index (κ2) is 14.9. The van der Waals surface area contributed by atoms with Crippen LogP contribution in [0.15, 0.2) is 0 Å². The minimum atomic E-state index is -0.654. The Balaban J connectivity index is 1.44. The smallest absolute Gasteiger partial charge is 0.245 e. The Kier molecular flexibility index (Phi) is 11.8. The topological polar surface area (TPSA) is 96.5 Å². The molecule has 4 amide bonds. The lowest BCUT2D eigenvalue weighted by Crippen LogP contribution is -2.61. The second-order valence-electron chi connectivity index (χ2n) is 15.3. The van der Waals surface area contributed by atoms with Crippen LogP contribution in [-0.4, -0.2) is 132 Å². The van der Waals surface area contributed by atoms with Crippen LogP contribution >= 0.6 is 0 Å². The number of carbonyl (C=O) groups is 4. The summed E-state index contributed by atoms with van der Waals surface area (Å²) in [5.41, 5.74) is -0.465. The van der Waals surface area contributed by atoms with Gasteiger partial charge in [-0.3, -0.25) is 29.0 Å². The molecule has 1 N–H and O–H groups in total. The number of amides is 4. The van der Waals surface area contributed by atoms with Crippen molar-refractivity contribution in [3.8, 4) is 0 Å². The van der Waals surface area contributed by atoms with E-state index in [1.807, 2.05) is 49.6 Å². The third kappa shape index (κ3) is 7.95. The van der Waals surface area contributed by atoms with Gasteiger partial charge in [-0.1, -0.05) is 41.0 Å². The van der Waals surface area contributed by atoms with Gasteiger partial charge in [0, 0.05) is 39.3 Å². The van der Waals surface area contributed by atoms with Crippen LogP contribution in [0, 0.1) is 11.3 Å². The Hall–Kier alpha value is -2.20. The molecule has 4 aliphatic rings. The Labute approximate surface area is 266 Å². The third-order valence-electron chi connectivity index (χ3n) is 10.6. The van der Waals surface area contributed by atoms with E-state index in [0.29, 0.717) is 13.1 Å². The number of likely N-dealkylation sites (N-methyl/N-ethyl adjacent to an activating group) is 2. The first-order valence-electron chi connectivity index (χ1n) is 17.4. The lowest BCUT2D eigenvalue weighted by Gasteiger charge is -2.41. The van der Waals surface area contributed by atoms with Gasteiger partial charge in [-0.15, -0.1) is 0 Å². The second-order valence-corrected chi connectivity index (χ2v) is 15.3. The first kappa shape index (κ1) is 34.7. The normalized spacial score (nSPS) is 27.0. The largest absolute Gasteiger partial charge is 0.342 e. The molecule has 10 heteroatoms. The minimum Gasteiger partial charge on any atom is -0.342 e. The Morgan fingerprint density at radius 2 is 1.39 bits per heavy atom. The fourth-order valence-electron chi connectivity index (χ4n) is 7.81. The molecule has 5 atom stereocenters. The van der Waals surface area contributed by atoms with Crippen LogP contribution in [0.25, 0.3) is 0 Å². The molecule has 0 bridgehead atoms. The van der Waals surface area contributed by atoms with Gasteiger partial charge in [0.15, 0.2) is 0 Å². The highest BCUT2D eigenvalue weighted by molar-refractivity contribution is 5.91. The summed E-state index contributed by atoms with van der Waals surface area (Å²) in [6.07, 6.45) is 9.49. The van der Waals surface area contributed by atoms with Crippen molar-refractivity contribution in [3.05, 3.63) is 0 Å². The predicted molar refractivity (Wildman–Crippen MR) is 173 cm³/mol. The molecule has 4 aliphatic heterocycles. The summed E-state index contributed by atoms with van der Waals surface area (Å²) < 4.78 is 0. The Morgan fingerprint density at radius 1 is 0.773 bits per heavy atom. The molecule has 10 nitrogen and oxygen atoms in total. The fourth-order valence-corrected chi connectivity index (χ4v) is 7.81. The van der Waals surface area contributed by atoms with E-state index in [-0.39, 0.29) is 53.7 Å². The molecule has 0 saturated carbocycles. The first-order valence-corrected chi connectivity index (χ1v) is 17.4. The summed E-state index contributed by atoms with van der Waals surface area (Å²) in [6.45, 7) is 14.8. The summed E-state index contributed by atoms with van der Waals surface area (Å²) in [5.74, 6) is 0.195. The lowest BCUT2D eigenvalue weighted by molar-refractivity contribution is -0.147. The molecule has 250 valence electrons. The van der Waals surface area contributed by atoms with E-state index in [4.69, 9.17) is 0 Å². The number of hydrogen-bond acceptors (Lipinski definition) is 6. The minimum absolute atomic E-state index is 0.0700. The van der Waals surface area contributed by atoms with Crippen LogP contribution in [0.2, 0.25) is 0 Å². The monoisotopic (exact) mass is 616 g/mol. The van der Waals surface area contributed by atoms with Crippen molar-refractivity contribution >= 4 is 23.6 Å². The van der Waals surface area contributed by atoms with Crippen LogP contribution < -0.4 is 5.32 Å². The highest BCUT2D eigenvalue weighted by Crippen LogP contribution is 2.29. The van der Waals surface area contributed by atoms with Gasteiger partial charge in [0.25, 0.3) is 0 Å². The van der Waals surface area contributed by atoms with Crippen LogP contribution in [-0.2, 0) is 19.2 Å². The molecule has 4 heterocycles. The zero-order chi connectivity index (χ0) is 32.2. The van der Waals surface area contributed by atoms with Crippen molar-refractivity contribution in [3.63, 3.8) is 0 Å². The molecule has 4 rings (SSSR count). The number of piperidine rings is 2. The van der Waals surface area contributed by atoms with E-state index in [0.717, 1.165) is 84.0 Å². The fraction of sp³-hybridized carbons (Fsp3) is 0.882. The summed E-state index contributed by atoms with van der Waals surface area (Å²) in [6, 6.07) is -1.60. The summed E-state index contributed by atoms with van der Waals surface area (Å²) in [5, 5.41) is 3.15. The van der Waals surface area contributed by atoms with E-state index in [1.165, 1.54) is 6.42 Å². The maximum atomic E-state index is 14.2. The van der Waals surface area contributed by atoms with Gasteiger partial charge in [0.05, 0.1) is 12.1 Å². The number of likely N-dealkylation sites (tertiary alicyclic amines) is 4. The molecular formula is C34H60N6O4. The lowest BCUT2D eigenvalue weighted by atomic mass is 9.84. The molecule has 5 unspecified atom stereocenters. The Bertz CT molecular complexity index is 1020. The standard InChI is InChI=1S/C34H60N6O4/c1-24(2)28(37(7)33(44)29(34(3,4)5)35-30(41)25-15-9-12-18-36(25)6)23-39-21-13-16-26(39)32(43)40-22-14-17-27(40)31(42)38-19-10-8-11-20-38/h24-29H,8-23H2,1-7H3,(H,35,41). The van der Waals surface area contributed by atoms with Crippen LogP contribution in [0.1, 0.15) is 98.8 Å². The molecule has 4 saturated heterocycles. The van der Waals surface area contributed by atoms with Crippen molar-refractivity contribution in [1.82, 2.24) is 29.8 Å². The molecule has 0 aliphatic carbocycles. The molecular weight excluding hydrogens is 556 g/mol. The van der Waals surface area contributed by atoms with Gasteiger partial charge in [0.2, 0.25) is 23.6 Å². The average molecular weight is 617 g/mol. The van der Waals surface area contributed by atoms with E-state index < -0.39 is 11.5 Å². The highest BCUT2D eigenvalue weighted by Gasteiger charge is 2.44. The van der Waals surface area contributed by atoms with Crippen molar-refractivity contribution < 1.29 is 19.2 Å². The van der Waals surface area contributed by atoms with Crippen molar-refractivity contribution in [1.29, 1.82) is 0 Å². The van der Waals surface area contributed by atoms with Gasteiger partial charge >= 0.3 is 0 Å². The number of nitrogens with zero attached hydrogens (tertiary/aromatic N) is 5. The molecule has 0 aromatic carbocycles. The van der Waals surface area contributed by atoms with Crippen LogP contribution in [0.4, 0.5) is 0 Å². The molecule has 4 fully saturated rings. The maximum absolute atomic E-state index is 14.2. The third-order valence-corrected chi connectivity index (χ3v) is 10.6. The highest BCUT2D eigenvalue weighted by atomic mass is 16.2. The number of nitrogens with one attached hydrogen (secondary N) is 1. The van der Waals surface area contributed by atoms with E-state index >= 15 is 0 Å².